The Balaban J connectivity index is 1.65. The molecular weight excluding hydrogens is 256 g/mol. The van der Waals surface area contributed by atoms with E-state index in [-0.39, 0.29) is 17.7 Å². The molecule has 3 heterocycles. The van der Waals surface area contributed by atoms with Crippen molar-refractivity contribution in [2.75, 3.05) is 13.1 Å². The third kappa shape index (κ3) is 2.44. The van der Waals surface area contributed by atoms with E-state index in [4.69, 9.17) is 4.74 Å². The average Bonchev–Trinajstić information content (AvgIpc) is 3.02. The van der Waals surface area contributed by atoms with Crippen LogP contribution in [0.1, 0.15) is 39.5 Å². The van der Waals surface area contributed by atoms with Crippen molar-refractivity contribution in [1.29, 1.82) is 0 Å². The van der Waals surface area contributed by atoms with E-state index in [1.54, 1.807) is 0 Å². The van der Waals surface area contributed by atoms with E-state index < -0.39 is 0 Å². The molecule has 6 heteroatoms. The van der Waals surface area contributed by atoms with Crippen molar-refractivity contribution >= 4 is 6.09 Å². The van der Waals surface area contributed by atoms with Crippen molar-refractivity contribution in [2.24, 2.45) is 5.92 Å². The smallest absolute Gasteiger partial charge is 0.420 e. The molecule has 0 aromatic carbocycles. The molecule has 2 fully saturated rings. The van der Waals surface area contributed by atoms with Gasteiger partial charge < -0.3 is 4.74 Å². The molecule has 2 aliphatic rings. The monoisotopic (exact) mass is 278 g/mol. The van der Waals surface area contributed by atoms with Gasteiger partial charge in [-0.2, -0.15) is 0 Å². The van der Waals surface area contributed by atoms with Crippen LogP contribution in [0.25, 0.3) is 0 Å². The Morgan fingerprint density at radius 3 is 2.90 bits per heavy atom. The Hall–Kier alpha value is -1.43. The van der Waals surface area contributed by atoms with Gasteiger partial charge in [0.1, 0.15) is 18.8 Å². The van der Waals surface area contributed by atoms with Crippen LogP contribution in [-0.4, -0.2) is 50.5 Å². The van der Waals surface area contributed by atoms with Gasteiger partial charge in [0.2, 0.25) is 0 Å². The second-order valence-corrected chi connectivity index (χ2v) is 6.45. The van der Waals surface area contributed by atoms with Crippen molar-refractivity contribution in [3.63, 3.8) is 0 Å². The zero-order valence-electron chi connectivity index (χ0n) is 12.2. The minimum atomic E-state index is -0.374. The maximum Gasteiger partial charge on any atom is 0.420 e. The van der Waals surface area contributed by atoms with Crippen LogP contribution < -0.4 is 0 Å². The summed E-state index contributed by atoms with van der Waals surface area (Å²) in [6.07, 6.45) is 7.01. The normalized spacial score (nSPS) is 29.9. The Morgan fingerprint density at radius 1 is 1.45 bits per heavy atom. The van der Waals surface area contributed by atoms with Crippen LogP contribution in [0.4, 0.5) is 4.79 Å². The number of fused-ring (bicyclic) bond motifs is 1. The van der Waals surface area contributed by atoms with Crippen LogP contribution in [0, 0.1) is 5.92 Å². The lowest BCUT2D eigenvalue weighted by Gasteiger charge is -2.33. The van der Waals surface area contributed by atoms with E-state index in [1.165, 1.54) is 36.5 Å². The SMILES string of the molecule is CC(C)C[C@@]12CCCN1C[C@H](OC(=O)n1cnnc1)C2. The summed E-state index contributed by atoms with van der Waals surface area (Å²) in [5.74, 6) is 0.669. The third-order valence-corrected chi connectivity index (χ3v) is 4.46. The van der Waals surface area contributed by atoms with Crippen LogP contribution in [-0.2, 0) is 4.74 Å². The molecule has 1 aromatic heterocycles. The van der Waals surface area contributed by atoms with E-state index in [0.717, 1.165) is 19.5 Å². The molecule has 0 spiro atoms. The number of ether oxygens (including phenoxy) is 1. The van der Waals surface area contributed by atoms with E-state index >= 15 is 0 Å². The lowest BCUT2D eigenvalue weighted by Crippen LogP contribution is -2.39. The van der Waals surface area contributed by atoms with Gasteiger partial charge >= 0.3 is 6.09 Å². The molecule has 0 saturated carbocycles. The predicted octanol–water partition coefficient (Wildman–Crippen LogP) is 1.92. The lowest BCUT2D eigenvalue weighted by atomic mass is 9.85. The summed E-state index contributed by atoms with van der Waals surface area (Å²) in [6, 6.07) is 0. The van der Waals surface area contributed by atoms with Crippen molar-refractivity contribution in [3.05, 3.63) is 12.7 Å². The molecule has 0 aliphatic carbocycles. The predicted molar refractivity (Wildman–Crippen MR) is 73.3 cm³/mol. The van der Waals surface area contributed by atoms with Crippen molar-refractivity contribution < 1.29 is 9.53 Å². The lowest BCUT2D eigenvalue weighted by molar-refractivity contribution is 0.101. The molecule has 3 rings (SSSR count). The highest BCUT2D eigenvalue weighted by Gasteiger charge is 2.49. The molecule has 1 aromatic rings. The first kappa shape index (κ1) is 13.5. The van der Waals surface area contributed by atoms with Crippen molar-refractivity contribution in [1.82, 2.24) is 19.7 Å². The minimum Gasteiger partial charge on any atom is -0.444 e. The number of rotatable bonds is 3. The van der Waals surface area contributed by atoms with Crippen LogP contribution in [0.2, 0.25) is 0 Å². The highest BCUT2D eigenvalue weighted by atomic mass is 16.6. The molecule has 0 radical (unpaired) electrons. The highest BCUT2D eigenvalue weighted by molar-refractivity contribution is 5.70. The summed E-state index contributed by atoms with van der Waals surface area (Å²) in [5, 5.41) is 7.26. The van der Waals surface area contributed by atoms with Gasteiger partial charge in [0.05, 0.1) is 0 Å². The van der Waals surface area contributed by atoms with Crippen LogP contribution >= 0.6 is 0 Å². The van der Waals surface area contributed by atoms with Gasteiger partial charge in [-0.05, 0) is 31.7 Å². The van der Waals surface area contributed by atoms with Crippen LogP contribution in [0.5, 0.6) is 0 Å². The summed E-state index contributed by atoms with van der Waals surface area (Å²) in [4.78, 5) is 14.5. The topological polar surface area (TPSA) is 60.2 Å². The van der Waals surface area contributed by atoms with Crippen LogP contribution in [0.15, 0.2) is 12.7 Å². The molecule has 0 amide bonds. The molecular formula is C14H22N4O2. The summed E-state index contributed by atoms with van der Waals surface area (Å²) in [5.41, 5.74) is 0.256. The largest absolute Gasteiger partial charge is 0.444 e. The summed E-state index contributed by atoms with van der Waals surface area (Å²) in [7, 11) is 0. The van der Waals surface area contributed by atoms with Gasteiger partial charge in [0, 0.05) is 18.5 Å². The molecule has 20 heavy (non-hydrogen) atoms. The Kier molecular flexibility index (Phi) is 3.50. The van der Waals surface area contributed by atoms with Gasteiger partial charge in [-0.25, -0.2) is 9.36 Å². The average molecular weight is 278 g/mol. The minimum absolute atomic E-state index is 0.0102. The quantitative estimate of drug-likeness (QED) is 0.845. The molecule has 0 N–H and O–H groups in total. The fraction of sp³-hybridized carbons (Fsp3) is 0.786. The maximum atomic E-state index is 12.0. The summed E-state index contributed by atoms with van der Waals surface area (Å²) < 4.78 is 6.89. The standard InChI is InChI=1S/C14H22N4O2/c1-11(2)6-14-4-3-5-18(14)8-12(7-14)20-13(19)17-9-15-16-10-17/h9-12H,3-8H2,1-2H3/t12-,14-/m1/s1. The van der Waals surface area contributed by atoms with E-state index in [1.807, 2.05) is 0 Å². The number of hydrogen-bond donors (Lipinski definition) is 0. The van der Waals surface area contributed by atoms with Gasteiger partial charge in [-0.3, -0.25) is 4.90 Å². The van der Waals surface area contributed by atoms with E-state index in [2.05, 4.69) is 28.9 Å². The number of hydrogen-bond acceptors (Lipinski definition) is 5. The van der Waals surface area contributed by atoms with Crippen LogP contribution in [0.3, 0.4) is 0 Å². The van der Waals surface area contributed by atoms with E-state index in [0.29, 0.717) is 5.92 Å². The Morgan fingerprint density at radius 2 is 2.20 bits per heavy atom. The van der Waals surface area contributed by atoms with Gasteiger partial charge in [0.25, 0.3) is 0 Å². The molecule has 2 aliphatic heterocycles. The first-order valence-corrected chi connectivity index (χ1v) is 7.40. The summed E-state index contributed by atoms with van der Waals surface area (Å²) in [6.45, 7) is 6.53. The van der Waals surface area contributed by atoms with Crippen molar-refractivity contribution in [3.8, 4) is 0 Å². The number of carbonyl (C=O) groups is 1. The molecule has 2 atom stereocenters. The number of nitrogens with zero attached hydrogens (tertiary/aromatic N) is 4. The second-order valence-electron chi connectivity index (χ2n) is 6.45. The molecule has 0 bridgehead atoms. The molecule has 110 valence electrons. The second kappa shape index (κ2) is 5.16. The summed E-state index contributed by atoms with van der Waals surface area (Å²) >= 11 is 0. The van der Waals surface area contributed by atoms with E-state index in [9.17, 15) is 4.79 Å². The first-order valence-electron chi connectivity index (χ1n) is 7.40. The highest BCUT2D eigenvalue weighted by Crippen LogP contribution is 2.44. The molecule has 0 unspecified atom stereocenters. The Bertz CT molecular complexity index is 474. The Labute approximate surface area is 119 Å². The molecule has 6 nitrogen and oxygen atoms in total. The van der Waals surface area contributed by atoms with Crippen molar-refractivity contribution in [2.45, 2.75) is 51.2 Å². The van der Waals surface area contributed by atoms with Gasteiger partial charge in [-0.15, -0.1) is 10.2 Å². The molecule has 2 saturated heterocycles. The number of aromatic nitrogens is 3. The van der Waals surface area contributed by atoms with Gasteiger partial charge in [0.15, 0.2) is 0 Å². The third-order valence-electron chi connectivity index (χ3n) is 4.46. The zero-order valence-corrected chi connectivity index (χ0v) is 12.2. The maximum absolute atomic E-state index is 12.0. The first-order chi connectivity index (χ1) is 9.59. The van der Waals surface area contributed by atoms with Gasteiger partial charge in [-0.1, -0.05) is 13.8 Å². The zero-order chi connectivity index (χ0) is 14.2. The number of carbonyl (C=O) groups excluding carboxylic acids is 1. The fourth-order valence-electron chi connectivity index (χ4n) is 3.90. The fourth-order valence-corrected chi connectivity index (χ4v) is 3.90.